The maximum atomic E-state index is 8.84. The molecule has 2 heterocycles. The topological polar surface area (TPSA) is 55.1 Å². The van der Waals surface area contributed by atoms with Crippen LogP contribution in [0.2, 0.25) is 0 Å². The Bertz CT molecular complexity index is 381. The molecule has 0 aromatic carbocycles. The molecule has 2 rings (SSSR count). The normalized spacial score (nSPS) is 19.6. The Morgan fingerprint density at radius 1 is 1.62 bits per heavy atom. The molecule has 1 aromatic rings. The van der Waals surface area contributed by atoms with E-state index in [4.69, 9.17) is 14.7 Å². The first-order valence-corrected chi connectivity index (χ1v) is 5.43. The van der Waals surface area contributed by atoms with Crippen LogP contribution in [0, 0.1) is 11.3 Å². The fourth-order valence-electron chi connectivity index (χ4n) is 1.73. The lowest BCUT2D eigenvalue weighted by atomic mass is 10.2. The highest BCUT2D eigenvalue weighted by Crippen LogP contribution is 2.13. The van der Waals surface area contributed by atoms with Crippen molar-refractivity contribution >= 4 is 0 Å². The summed E-state index contributed by atoms with van der Waals surface area (Å²) in [5.74, 6) is 0. The second-order valence-electron chi connectivity index (χ2n) is 3.77. The van der Waals surface area contributed by atoms with E-state index in [0.29, 0.717) is 18.9 Å². The molecule has 1 fully saturated rings. The fraction of sp³-hybridized carbons (Fsp3) is 0.500. The minimum absolute atomic E-state index is 0.224. The number of nitrogens with zero attached hydrogens (tertiary/aromatic N) is 2. The highest BCUT2D eigenvalue weighted by Gasteiger charge is 2.15. The van der Waals surface area contributed by atoms with Gasteiger partial charge in [0.2, 0.25) is 0 Å². The molecule has 16 heavy (non-hydrogen) atoms. The van der Waals surface area contributed by atoms with E-state index in [1.54, 1.807) is 6.20 Å². The lowest BCUT2D eigenvalue weighted by Gasteiger charge is -2.10. The molecule has 0 bridgehead atoms. The smallest absolute Gasteiger partial charge is 0.145 e. The van der Waals surface area contributed by atoms with Crippen LogP contribution < -0.4 is 0 Å². The first-order chi connectivity index (χ1) is 7.90. The molecule has 4 nitrogen and oxygen atoms in total. The van der Waals surface area contributed by atoms with Gasteiger partial charge in [-0.3, -0.25) is 0 Å². The van der Waals surface area contributed by atoms with Crippen LogP contribution in [0.15, 0.2) is 18.3 Å². The van der Waals surface area contributed by atoms with Crippen LogP contribution in [-0.4, -0.2) is 24.3 Å². The van der Waals surface area contributed by atoms with Gasteiger partial charge in [0.25, 0.3) is 0 Å². The van der Waals surface area contributed by atoms with Gasteiger partial charge in [0.15, 0.2) is 0 Å². The summed E-state index contributed by atoms with van der Waals surface area (Å²) >= 11 is 0. The van der Waals surface area contributed by atoms with Gasteiger partial charge >= 0.3 is 0 Å². The first-order valence-electron chi connectivity index (χ1n) is 5.43. The number of nitriles is 1. The lowest BCUT2D eigenvalue weighted by Crippen LogP contribution is -2.14. The third-order valence-electron chi connectivity index (χ3n) is 2.58. The quantitative estimate of drug-likeness (QED) is 0.771. The van der Waals surface area contributed by atoms with Gasteiger partial charge in [0, 0.05) is 18.4 Å². The Labute approximate surface area is 94.8 Å². The van der Waals surface area contributed by atoms with Gasteiger partial charge < -0.3 is 9.47 Å². The third-order valence-corrected chi connectivity index (χ3v) is 2.58. The van der Waals surface area contributed by atoms with Crippen LogP contribution in [0.1, 0.15) is 24.1 Å². The van der Waals surface area contributed by atoms with Gasteiger partial charge in [0.1, 0.15) is 11.8 Å². The van der Waals surface area contributed by atoms with Crippen LogP contribution in [0.4, 0.5) is 0 Å². The molecule has 0 aliphatic carbocycles. The summed E-state index contributed by atoms with van der Waals surface area (Å²) in [6, 6.07) is 5.72. The Balaban J connectivity index is 1.82. The van der Waals surface area contributed by atoms with Crippen LogP contribution in [0.3, 0.4) is 0 Å². The Hall–Kier alpha value is -1.44. The molecule has 1 aromatic heterocycles. The van der Waals surface area contributed by atoms with E-state index in [1.165, 1.54) is 0 Å². The minimum atomic E-state index is 0.224. The monoisotopic (exact) mass is 218 g/mol. The third kappa shape index (κ3) is 2.78. The van der Waals surface area contributed by atoms with E-state index in [9.17, 15) is 0 Å². The number of rotatable bonds is 4. The van der Waals surface area contributed by atoms with E-state index in [1.807, 2.05) is 12.1 Å². The van der Waals surface area contributed by atoms with Crippen LogP contribution in [-0.2, 0) is 16.1 Å². The molecule has 0 spiro atoms. The zero-order chi connectivity index (χ0) is 11.2. The van der Waals surface area contributed by atoms with Crippen LogP contribution in [0.5, 0.6) is 0 Å². The number of pyridine rings is 1. The molecule has 0 radical (unpaired) electrons. The zero-order valence-corrected chi connectivity index (χ0v) is 9.06. The summed E-state index contributed by atoms with van der Waals surface area (Å²) < 4.78 is 11.0. The van der Waals surface area contributed by atoms with Gasteiger partial charge in [-0.25, -0.2) is 4.98 Å². The molecule has 4 heteroatoms. The maximum absolute atomic E-state index is 8.84. The van der Waals surface area contributed by atoms with Crippen molar-refractivity contribution in [2.75, 3.05) is 13.2 Å². The van der Waals surface area contributed by atoms with Crippen molar-refractivity contribution < 1.29 is 9.47 Å². The summed E-state index contributed by atoms with van der Waals surface area (Å²) in [5, 5.41) is 8.84. The predicted octanol–water partition coefficient (Wildman–Crippen LogP) is 1.65. The first kappa shape index (κ1) is 11.1. The molecule has 84 valence electrons. The standard InChI is InChI=1S/C12H14N2O2/c13-7-12-10(3-1-5-14-12)8-15-9-11-4-2-6-16-11/h1,3,5,11H,2,4,6,8-9H2. The van der Waals surface area contributed by atoms with Crippen molar-refractivity contribution in [2.45, 2.75) is 25.6 Å². The van der Waals surface area contributed by atoms with Gasteiger partial charge in [0.05, 0.1) is 19.3 Å². The molecule has 0 N–H and O–H groups in total. The van der Waals surface area contributed by atoms with Gasteiger partial charge in [-0.1, -0.05) is 6.07 Å². The molecule has 1 aliphatic heterocycles. The molecule has 1 unspecified atom stereocenters. The molecule has 1 aliphatic rings. The summed E-state index contributed by atoms with van der Waals surface area (Å²) in [6.07, 6.45) is 4.02. The van der Waals surface area contributed by atoms with Crippen LogP contribution >= 0.6 is 0 Å². The maximum Gasteiger partial charge on any atom is 0.145 e. The van der Waals surface area contributed by atoms with Crippen molar-refractivity contribution in [3.63, 3.8) is 0 Å². The predicted molar refractivity (Wildman–Crippen MR) is 57.6 cm³/mol. The second kappa shape index (κ2) is 5.59. The van der Waals surface area contributed by atoms with E-state index < -0.39 is 0 Å². The summed E-state index contributed by atoms with van der Waals surface area (Å²) in [4.78, 5) is 3.98. The Kier molecular flexibility index (Phi) is 3.86. The molecule has 0 saturated carbocycles. The summed E-state index contributed by atoms with van der Waals surface area (Å²) in [5.41, 5.74) is 1.28. The Morgan fingerprint density at radius 2 is 2.56 bits per heavy atom. The van der Waals surface area contributed by atoms with Gasteiger partial charge in [-0.05, 0) is 18.9 Å². The van der Waals surface area contributed by atoms with Gasteiger partial charge in [-0.15, -0.1) is 0 Å². The van der Waals surface area contributed by atoms with Crippen molar-refractivity contribution in [2.24, 2.45) is 0 Å². The van der Waals surface area contributed by atoms with E-state index in [2.05, 4.69) is 11.1 Å². The largest absolute Gasteiger partial charge is 0.376 e. The number of ether oxygens (including phenoxy) is 2. The highest BCUT2D eigenvalue weighted by molar-refractivity contribution is 5.29. The molecular weight excluding hydrogens is 204 g/mol. The van der Waals surface area contributed by atoms with E-state index in [0.717, 1.165) is 25.0 Å². The fourth-order valence-corrected chi connectivity index (χ4v) is 1.73. The Morgan fingerprint density at radius 3 is 3.31 bits per heavy atom. The van der Waals surface area contributed by atoms with Crippen molar-refractivity contribution in [1.29, 1.82) is 5.26 Å². The average molecular weight is 218 g/mol. The summed E-state index contributed by atoms with van der Waals surface area (Å²) in [7, 11) is 0. The number of aromatic nitrogens is 1. The van der Waals surface area contributed by atoms with Crippen LogP contribution in [0.25, 0.3) is 0 Å². The van der Waals surface area contributed by atoms with Crippen molar-refractivity contribution in [1.82, 2.24) is 4.98 Å². The highest BCUT2D eigenvalue weighted by atomic mass is 16.5. The van der Waals surface area contributed by atoms with E-state index >= 15 is 0 Å². The molecule has 1 saturated heterocycles. The molecule has 0 amide bonds. The van der Waals surface area contributed by atoms with Crippen molar-refractivity contribution in [3.05, 3.63) is 29.6 Å². The minimum Gasteiger partial charge on any atom is -0.376 e. The van der Waals surface area contributed by atoms with Crippen molar-refractivity contribution in [3.8, 4) is 6.07 Å². The van der Waals surface area contributed by atoms with E-state index in [-0.39, 0.29) is 6.10 Å². The number of hydrogen-bond donors (Lipinski definition) is 0. The SMILES string of the molecule is N#Cc1ncccc1COCC1CCCO1. The number of hydrogen-bond acceptors (Lipinski definition) is 4. The lowest BCUT2D eigenvalue weighted by molar-refractivity contribution is 0.0104. The second-order valence-corrected chi connectivity index (χ2v) is 3.77. The molecule has 1 atom stereocenters. The molecular formula is C12H14N2O2. The van der Waals surface area contributed by atoms with Gasteiger partial charge in [-0.2, -0.15) is 5.26 Å². The average Bonchev–Trinajstić information content (AvgIpc) is 2.83. The zero-order valence-electron chi connectivity index (χ0n) is 9.06. The summed E-state index contributed by atoms with van der Waals surface area (Å²) in [6.45, 7) is 1.86.